The van der Waals surface area contributed by atoms with E-state index in [9.17, 15) is 0 Å². The maximum atomic E-state index is 7.57. The van der Waals surface area contributed by atoms with E-state index in [0.29, 0.717) is 12.2 Å². The summed E-state index contributed by atoms with van der Waals surface area (Å²) < 4.78 is 10.2. The van der Waals surface area contributed by atoms with E-state index >= 15 is 0 Å². The average molecular weight is 220 g/mol. The molecule has 94 valence electrons. The Bertz CT molecular complexity index is 85.4. The molecule has 0 amide bonds. The van der Waals surface area contributed by atoms with Gasteiger partial charge in [-0.05, 0) is 47.5 Å². The van der Waals surface area contributed by atoms with Gasteiger partial charge in [-0.2, -0.15) is 0 Å². The second-order valence-electron chi connectivity index (χ2n) is 3.87. The summed E-state index contributed by atoms with van der Waals surface area (Å²) in [5, 5.41) is 7.57. The predicted molar refractivity (Wildman–Crippen MR) is 64.2 cm³/mol. The minimum absolute atomic E-state index is 0.250. The van der Waals surface area contributed by atoms with Gasteiger partial charge in [-0.1, -0.05) is 0 Å². The standard InChI is InChI=1S/C6H14O.C4H8O.C2H6O/c1-5(2)7-6(3)4;1-2-4-5-3-1;1-2-3/h5-6H,1-4H3;1-4H2;3H,2H2,1H3. The first-order chi connectivity index (χ1) is 7.04. The highest BCUT2D eigenvalue weighted by molar-refractivity contribution is 4.43. The van der Waals surface area contributed by atoms with Crippen LogP contribution < -0.4 is 0 Å². The van der Waals surface area contributed by atoms with Crippen molar-refractivity contribution in [1.29, 1.82) is 0 Å². The van der Waals surface area contributed by atoms with Crippen molar-refractivity contribution < 1.29 is 14.6 Å². The highest BCUT2D eigenvalue weighted by Gasteiger charge is 1.95. The molecule has 0 aromatic carbocycles. The van der Waals surface area contributed by atoms with Crippen LogP contribution in [-0.2, 0) is 9.47 Å². The summed E-state index contributed by atoms with van der Waals surface area (Å²) >= 11 is 0. The Labute approximate surface area is 94.8 Å². The van der Waals surface area contributed by atoms with Crippen LogP contribution in [0.2, 0.25) is 0 Å². The second-order valence-corrected chi connectivity index (χ2v) is 3.87. The number of hydrogen-bond acceptors (Lipinski definition) is 3. The molecule has 1 aliphatic rings. The minimum Gasteiger partial charge on any atom is -0.397 e. The molecule has 1 fully saturated rings. The largest absolute Gasteiger partial charge is 0.397 e. The van der Waals surface area contributed by atoms with Crippen molar-refractivity contribution in [3.05, 3.63) is 0 Å². The lowest BCUT2D eigenvalue weighted by Crippen LogP contribution is -2.09. The number of hydrogen-bond donors (Lipinski definition) is 1. The third-order valence-corrected chi connectivity index (χ3v) is 1.37. The molecule has 0 unspecified atom stereocenters. The topological polar surface area (TPSA) is 38.7 Å². The highest BCUT2D eigenvalue weighted by Crippen LogP contribution is 1.98. The molecule has 0 aromatic rings. The van der Waals surface area contributed by atoms with Crippen LogP contribution in [0.15, 0.2) is 0 Å². The van der Waals surface area contributed by atoms with Crippen LogP contribution in [0.1, 0.15) is 47.5 Å². The Kier molecular flexibility index (Phi) is 16.0. The first kappa shape index (κ1) is 17.3. The van der Waals surface area contributed by atoms with Crippen molar-refractivity contribution in [2.75, 3.05) is 19.8 Å². The van der Waals surface area contributed by atoms with E-state index in [1.807, 2.05) is 27.7 Å². The molecule has 1 aliphatic heterocycles. The van der Waals surface area contributed by atoms with E-state index < -0.39 is 0 Å². The van der Waals surface area contributed by atoms with Crippen LogP contribution in [0.5, 0.6) is 0 Å². The fourth-order valence-electron chi connectivity index (χ4n) is 1.05. The van der Waals surface area contributed by atoms with Gasteiger partial charge in [0.25, 0.3) is 0 Å². The summed E-state index contributed by atoms with van der Waals surface area (Å²) in [5.41, 5.74) is 0. The Morgan fingerprint density at radius 1 is 1.07 bits per heavy atom. The van der Waals surface area contributed by atoms with E-state index in [-0.39, 0.29) is 6.61 Å². The summed E-state index contributed by atoms with van der Waals surface area (Å²) in [7, 11) is 0. The number of rotatable bonds is 2. The normalized spacial score (nSPS) is 14.4. The number of aliphatic hydroxyl groups excluding tert-OH is 1. The zero-order chi connectivity index (χ0) is 12.1. The molecule has 0 aliphatic carbocycles. The molecule has 15 heavy (non-hydrogen) atoms. The van der Waals surface area contributed by atoms with Gasteiger partial charge in [0.1, 0.15) is 0 Å². The Morgan fingerprint density at radius 3 is 1.47 bits per heavy atom. The van der Waals surface area contributed by atoms with Gasteiger partial charge in [-0.25, -0.2) is 0 Å². The molecule has 1 rings (SSSR count). The molecule has 0 aromatic heterocycles. The Hall–Kier alpha value is -0.120. The molecule has 1 N–H and O–H groups in total. The van der Waals surface area contributed by atoms with Crippen LogP contribution in [0.25, 0.3) is 0 Å². The lowest BCUT2D eigenvalue weighted by Gasteiger charge is -2.09. The fourth-order valence-corrected chi connectivity index (χ4v) is 1.05. The molecule has 0 bridgehead atoms. The maximum absolute atomic E-state index is 7.57. The molecule has 1 heterocycles. The smallest absolute Gasteiger partial charge is 0.0522 e. The molecule has 3 heteroatoms. The van der Waals surface area contributed by atoms with E-state index in [1.165, 1.54) is 12.8 Å². The van der Waals surface area contributed by atoms with Gasteiger partial charge in [-0.3, -0.25) is 0 Å². The summed E-state index contributed by atoms with van der Waals surface area (Å²) in [6.07, 6.45) is 3.31. The van der Waals surface area contributed by atoms with Crippen molar-refractivity contribution in [3.63, 3.8) is 0 Å². The summed E-state index contributed by atoms with van der Waals surface area (Å²) in [6, 6.07) is 0. The van der Waals surface area contributed by atoms with Crippen molar-refractivity contribution in [2.24, 2.45) is 0 Å². The predicted octanol–water partition coefficient (Wildman–Crippen LogP) is 2.62. The van der Waals surface area contributed by atoms with Gasteiger partial charge in [0.05, 0.1) is 12.2 Å². The van der Waals surface area contributed by atoms with E-state index in [1.54, 1.807) is 6.92 Å². The van der Waals surface area contributed by atoms with Crippen LogP contribution in [0.4, 0.5) is 0 Å². The molecular weight excluding hydrogens is 192 g/mol. The molecule has 0 radical (unpaired) electrons. The van der Waals surface area contributed by atoms with Gasteiger partial charge in [0.2, 0.25) is 0 Å². The van der Waals surface area contributed by atoms with Crippen LogP contribution in [0.3, 0.4) is 0 Å². The SMILES string of the molecule is C1CCOC1.CC(C)OC(C)C.CCO. The average Bonchev–Trinajstić information content (AvgIpc) is 2.58. The Morgan fingerprint density at radius 2 is 1.40 bits per heavy atom. The zero-order valence-corrected chi connectivity index (χ0v) is 11.0. The Balaban J connectivity index is 0. The fraction of sp³-hybridized carbons (Fsp3) is 1.00. The van der Waals surface area contributed by atoms with Crippen molar-refractivity contribution in [1.82, 2.24) is 0 Å². The molecule has 0 saturated carbocycles. The number of ether oxygens (including phenoxy) is 2. The summed E-state index contributed by atoms with van der Waals surface area (Å²) in [6.45, 7) is 12.1. The van der Waals surface area contributed by atoms with Gasteiger partial charge in [-0.15, -0.1) is 0 Å². The highest BCUT2D eigenvalue weighted by atomic mass is 16.5. The van der Waals surface area contributed by atoms with Crippen molar-refractivity contribution in [2.45, 2.75) is 59.7 Å². The van der Waals surface area contributed by atoms with E-state index in [4.69, 9.17) is 14.6 Å². The van der Waals surface area contributed by atoms with Crippen molar-refractivity contribution >= 4 is 0 Å². The van der Waals surface area contributed by atoms with Gasteiger partial charge in [0.15, 0.2) is 0 Å². The van der Waals surface area contributed by atoms with Crippen molar-refractivity contribution in [3.8, 4) is 0 Å². The second kappa shape index (κ2) is 13.9. The zero-order valence-electron chi connectivity index (χ0n) is 11.0. The third kappa shape index (κ3) is 24.8. The van der Waals surface area contributed by atoms with E-state index in [0.717, 1.165) is 13.2 Å². The first-order valence-corrected chi connectivity index (χ1v) is 5.88. The summed E-state index contributed by atoms with van der Waals surface area (Å²) in [4.78, 5) is 0. The third-order valence-electron chi connectivity index (χ3n) is 1.37. The maximum Gasteiger partial charge on any atom is 0.0522 e. The van der Waals surface area contributed by atoms with Crippen LogP contribution in [0, 0.1) is 0 Å². The van der Waals surface area contributed by atoms with Crippen LogP contribution >= 0.6 is 0 Å². The monoisotopic (exact) mass is 220 g/mol. The molecular formula is C12H28O3. The van der Waals surface area contributed by atoms with Gasteiger partial charge < -0.3 is 14.6 Å². The van der Waals surface area contributed by atoms with Gasteiger partial charge in [0, 0.05) is 19.8 Å². The van der Waals surface area contributed by atoms with E-state index in [2.05, 4.69) is 0 Å². The lowest BCUT2D eigenvalue weighted by atomic mass is 10.4. The molecule has 1 saturated heterocycles. The minimum atomic E-state index is 0.250. The van der Waals surface area contributed by atoms with Gasteiger partial charge >= 0.3 is 0 Å². The molecule has 3 nitrogen and oxygen atoms in total. The lowest BCUT2D eigenvalue weighted by molar-refractivity contribution is 0.0300. The number of aliphatic hydroxyl groups is 1. The van der Waals surface area contributed by atoms with Crippen LogP contribution in [-0.4, -0.2) is 37.1 Å². The first-order valence-electron chi connectivity index (χ1n) is 5.88. The summed E-state index contributed by atoms with van der Waals surface area (Å²) in [5.74, 6) is 0. The quantitative estimate of drug-likeness (QED) is 0.777. The molecule has 0 atom stereocenters. The molecule has 0 spiro atoms.